The Labute approximate surface area is 425 Å². The van der Waals surface area contributed by atoms with Gasteiger partial charge in [-0.1, -0.05) is 20.8 Å². The highest BCUT2D eigenvalue weighted by Crippen LogP contribution is 2.46. The van der Waals surface area contributed by atoms with Crippen LogP contribution in [0.25, 0.3) is 22.3 Å². The lowest BCUT2D eigenvalue weighted by Crippen LogP contribution is -2.57. The van der Waals surface area contributed by atoms with Crippen LogP contribution in [0.5, 0.6) is 0 Å². The standard InChI is InChI=1S/C50H66FN9O14/c1-8-50(71)27-13-32-40-25(17-60(32)46(68)26(27)18-73-48(50)70)38-30(11-9-24-22(4)28(51)14-31(57-40)37(24)38)58-47(69)49(6,7)19-72-20-55-43(65)23(5)56-45(67)39(21(2)3)59-44(66)29(52)10-12-36(62)54-16-34-42(64)41(63)33(74-34)15-35(53)61/h13-14,21,23,29-30,33-34,39,41-42,63-64,71H,8-12,15-20,52H2,1-7H3,(H2,53,61)(H,54,62)(H,55,65)(H,56,67)(H,58,69)(H,59,66)/t23-,29-,30-,33+,34-,39-,41+,42-,50-/m0/s1. The molecule has 9 atom stereocenters. The maximum absolute atomic E-state index is 15.4. The van der Waals surface area contributed by atoms with E-state index in [0.29, 0.717) is 51.8 Å². The van der Waals surface area contributed by atoms with Crippen molar-refractivity contribution < 1.29 is 67.5 Å². The Morgan fingerprint density at radius 2 is 1.70 bits per heavy atom. The molecule has 3 aromatic rings. The number of ether oxygens (including phenoxy) is 3. The van der Waals surface area contributed by atoms with Crippen LogP contribution in [0.2, 0.25) is 0 Å². The number of hydrogen-bond donors (Lipinski definition) is 10. The molecule has 1 saturated heterocycles. The molecule has 0 saturated carbocycles. The molecule has 4 aliphatic rings. The van der Waals surface area contributed by atoms with Crippen LogP contribution in [-0.2, 0) is 72.9 Å². The minimum absolute atomic E-state index is 0.0458. The second kappa shape index (κ2) is 21.8. The van der Waals surface area contributed by atoms with E-state index in [4.69, 9.17) is 30.7 Å². The Morgan fingerprint density at radius 3 is 2.38 bits per heavy atom. The molecule has 7 rings (SSSR count). The van der Waals surface area contributed by atoms with E-state index in [-0.39, 0.29) is 69.8 Å². The third-order valence-corrected chi connectivity index (χ3v) is 14.5. The number of hydrogen-bond acceptors (Lipinski definition) is 16. The fourth-order valence-electron chi connectivity index (χ4n) is 9.95. The van der Waals surface area contributed by atoms with Crippen molar-refractivity contribution in [3.63, 3.8) is 0 Å². The van der Waals surface area contributed by atoms with Crippen molar-refractivity contribution in [3.05, 3.63) is 61.7 Å². The summed E-state index contributed by atoms with van der Waals surface area (Å²) in [5, 5.41) is 45.8. The zero-order valence-corrected chi connectivity index (χ0v) is 42.4. The van der Waals surface area contributed by atoms with E-state index in [1.807, 2.05) is 0 Å². The number of carbonyl (C=O) groups is 7. The zero-order valence-electron chi connectivity index (χ0n) is 42.4. The Kier molecular flexibility index (Phi) is 16.3. The number of cyclic esters (lactones) is 1. The van der Waals surface area contributed by atoms with Gasteiger partial charge in [0.2, 0.25) is 35.4 Å². The topological polar surface area (TPSA) is 355 Å². The van der Waals surface area contributed by atoms with E-state index in [1.165, 1.54) is 17.6 Å². The number of esters is 1. The fraction of sp³-hybridized carbons (Fsp3) is 0.580. The Hall–Kier alpha value is -6.44. The second-order valence-corrected chi connectivity index (χ2v) is 20.6. The lowest BCUT2D eigenvalue weighted by molar-refractivity contribution is -0.172. The van der Waals surface area contributed by atoms with E-state index in [9.17, 15) is 53.7 Å². The maximum atomic E-state index is 15.4. The normalized spacial score (nSPS) is 22.9. The molecule has 6 amide bonds. The van der Waals surface area contributed by atoms with Crippen LogP contribution >= 0.6 is 0 Å². The van der Waals surface area contributed by atoms with Gasteiger partial charge in [0.15, 0.2) is 5.60 Å². The summed E-state index contributed by atoms with van der Waals surface area (Å²) >= 11 is 0. The molecule has 1 fully saturated rings. The highest BCUT2D eigenvalue weighted by Gasteiger charge is 2.47. The van der Waals surface area contributed by atoms with Gasteiger partial charge in [0, 0.05) is 35.5 Å². The molecule has 3 aliphatic heterocycles. The summed E-state index contributed by atoms with van der Waals surface area (Å²) in [6.45, 7) is 10.4. The predicted molar refractivity (Wildman–Crippen MR) is 260 cm³/mol. The van der Waals surface area contributed by atoms with Gasteiger partial charge in [-0.3, -0.25) is 33.6 Å². The highest BCUT2D eigenvalue weighted by atomic mass is 19.1. The van der Waals surface area contributed by atoms with Gasteiger partial charge in [0.1, 0.15) is 49.6 Å². The molecule has 1 aromatic carbocycles. The number of amides is 6. The van der Waals surface area contributed by atoms with Crippen molar-refractivity contribution in [1.82, 2.24) is 36.1 Å². The quantitative estimate of drug-likeness (QED) is 0.0288. The number of nitrogens with two attached hydrogens (primary N) is 2. The number of fused-ring (bicyclic) bond motifs is 5. The number of aliphatic hydroxyl groups excluding tert-OH is 2. The van der Waals surface area contributed by atoms with Crippen LogP contribution in [0.1, 0.15) is 113 Å². The molecule has 5 heterocycles. The van der Waals surface area contributed by atoms with Gasteiger partial charge < -0.3 is 72.1 Å². The number of primary amides is 1. The highest BCUT2D eigenvalue weighted by molar-refractivity contribution is 5.95. The Morgan fingerprint density at radius 1 is 1.00 bits per heavy atom. The largest absolute Gasteiger partial charge is 0.458 e. The molecule has 23 nitrogen and oxygen atoms in total. The van der Waals surface area contributed by atoms with Crippen LogP contribution in [0.15, 0.2) is 16.9 Å². The minimum atomic E-state index is -2.05. The number of aryl methyl sites for hydroxylation is 1. The van der Waals surface area contributed by atoms with E-state index in [2.05, 4.69) is 26.6 Å². The van der Waals surface area contributed by atoms with Crippen LogP contribution in [0, 0.1) is 24.1 Å². The number of rotatable bonds is 20. The number of nitrogens with one attached hydrogen (secondary N) is 5. The molecule has 2 aromatic heterocycles. The Bertz CT molecular complexity index is 2840. The number of benzene rings is 1. The van der Waals surface area contributed by atoms with E-state index >= 15 is 4.39 Å². The summed E-state index contributed by atoms with van der Waals surface area (Å²) in [5.74, 6) is -5.49. The molecular weight excluding hydrogens is 970 g/mol. The molecule has 24 heteroatoms. The summed E-state index contributed by atoms with van der Waals surface area (Å²) in [7, 11) is 0. The van der Waals surface area contributed by atoms with E-state index in [0.717, 1.165) is 5.56 Å². The molecular formula is C50H66FN9O14. The number of aliphatic hydroxyl groups is 3. The van der Waals surface area contributed by atoms with Crippen molar-refractivity contribution in [2.24, 2.45) is 22.8 Å². The van der Waals surface area contributed by atoms with Crippen LogP contribution in [0.3, 0.4) is 0 Å². The van der Waals surface area contributed by atoms with Crippen LogP contribution in [-0.4, -0.2) is 129 Å². The monoisotopic (exact) mass is 1040 g/mol. The maximum Gasteiger partial charge on any atom is 0.343 e. The summed E-state index contributed by atoms with van der Waals surface area (Å²) in [5.41, 5.74) is 11.3. The third kappa shape index (κ3) is 10.9. The first-order valence-electron chi connectivity index (χ1n) is 24.7. The van der Waals surface area contributed by atoms with Gasteiger partial charge >= 0.3 is 5.97 Å². The van der Waals surface area contributed by atoms with Gasteiger partial charge in [0.05, 0.1) is 65.6 Å². The summed E-state index contributed by atoms with van der Waals surface area (Å²) < 4.78 is 33.4. The summed E-state index contributed by atoms with van der Waals surface area (Å²) in [6, 6.07) is -1.12. The molecule has 0 unspecified atom stereocenters. The molecule has 1 aliphatic carbocycles. The van der Waals surface area contributed by atoms with Crippen molar-refractivity contribution in [2.75, 3.05) is 19.9 Å². The molecule has 0 radical (unpaired) electrons. The average molecular weight is 1040 g/mol. The molecule has 0 spiro atoms. The molecule has 402 valence electrons. The number of halogens is 1. The van der Waals surface area contributed by atoms with Gasteiger partial charge in [-0.15, -0.1) is 0 Å². The Balaban J connectivity index is 0.916. The first-order chi connectivity index (χ1) is 34.8. The van der Waals surface area contributed by atoms with Crippen molar-refractivity contribution in [2.45, 2.75) is 154 Å². The number of carbonyl (C=O) groups excluding carboxylic acids is 7. The third-order valence-electron chi connectivity index (χ3n) is 14.5. The van der Waals surface area contributed by atoms with Gasteiger partial charge in [-0.2, -0.15) is 0 Å². The first-order valence-corrected chi connectivity index (χ1v) is 24.7. The molecule has 74 heavy (non-hydrogen) atoms. The van der Waals surface area contributed by atoms with Crippen molar-refractivity contribution >= 4 is 52.3 Å². The number of nitrogens with zero attached hydrogens (tertiary/aromatic N) is 2. The van der Waals surface area contributed by atoms with Crippen molar-refractivity contribution in [1.29, 1.82) is 0 Å². The fourth-order valence-corrected chi connectivity index (χ4v) is 9.95. The summed E-state index contributed by atoms with van der Waals surface area (Å²) in [4.78, 5) is 109. The number of pyridine rings is 2. The second-order valence-electron chi connectivity index (χ2n) is 20.6. The zero-order chi connectivity index (χ0) is 54.3. The smallest absolute Gasteiger partial charge is 0.343 e. The van der Waals surface area contributed by atoms with Crippen LogP contribution in [0.4, 0.5) is 4.39 Å². The lowest BCUT2D eigenvalue weighted by Gasteiger charge is -2.32. The molecule has 0 bridgehead atoms. The number of aromatic nitrogens is 2. The van der Waals surface area contributed by atoms with Crippen LogP contribution < -0.4 is 43.6 Å². The predicted octanol–water partition coefficient (Wildman–Crippen LogP) is -1.02. The lowest BCUT2D eigenvalue weighted by atomic mass is 9.81. The van der Waals surface area contributed by atoms with Gasteiger partial charge in [0.25, 0.3) is 5.56 Å². The van der Waals surface area contributed by atoms with Gasteiger partial charge in [-0.25, -0.2) is 14.2 Å². The van der Waals surface area contributed by atoms with E-state index < -0.39 is 118 Å². The van der Waals surface area contributed by atoms with E-state index in [1.54, 1.807) is 47.6 Å². The SMILES string of the molecule is CC[C@@]1(O)C(=O)OCc2c1cc1n(c2=O)Cc2c-1nc1cc(F)c(C)c3c1c2[C@@H](NC(=O)C(C)(C)COCNC(=O)[C@H](C)NC(=O)[C@@H](NC(=O)[C@@H](N)CCC(=O)NC[C@@H]1O[C@H](CC(N)=O)[C@@H](O)[C@H]1O)C(C)C)CC3. The molecule has 12 N–H and O–H groups in total. The van der Waals surface area contributed by atoms with Crippen molar-refractivity contribution in [3.8, 4) is 11.4 Å². The summed E-state index contributed by atoms with van der Waals surface area (Å²) in [6.07, 6.45) is -4.66. The minimum Gasteiger partial charge on any atom is -0.458 e. The average Bonchev–Trinajstić information content (AvgIpc) is 3.85. The first kappa shape index (κ1) is 55.3. The van der Waals surface area contributed by atoms with Gasteiger partial charge in [-0.05, 0) is 82.1 Å².